The van der Waals surface area contributed by atoms with Crippen molar-refractivity contribution in [3.63, 3.8) is 0 Å². The van der Waals surface area contributed by atoms with E-state index in [-0.39, 0.29) is 5.91 Å². The summed E-state index contributed by atoms with van der Waals surface area (Å²) in [6, 6.07) is 66.8. The van der Waals surface area contributed by atoms with E-state index < -0.39 is 16.4 Å². The highest BCUT2D eigenvalue weighted by Gasteiger charge is 2.49. The van der Waals surface area contributed by atoms with Gasteiger partial charge in [-0.15, -0.1) is 0 Å². The summed E-state index contributed by atoms with van der Waals surface area (Å²) in [6.07, 6.45) is 0.744. The van der Waals surface area contributed by atoms with Gasteiger partial charge in [0.05, 0.1) is 5.41 Å². The largest absolute Gasteiger partial charge is 0.302 e. The number of carbonyl (C=O) groups is 1. The first-order valence-corrected chi connectivity index (χ1v) is 18.6. The van der Waals surface area contributed by atoms with Crippen LogP contribution in [0, 0.1) is 6.92 Å². The zero-order chi connectivity index (χ0) is 36.6. The second-order valence-corrected chi connectivity index (χ2v) is 15.3. The van der Waals surface area contributed by atoms with Crippen molar-refractivity contribution in [1.29, 1.82) is 0 Å². The van der Waals surface area contributed by atoms with E-state index in [0.29, 0.717) is 5.56 Å². The molecule has 0 fully saturated rings. The summed E-state index contributed by atoms with van der Waals surface area (Å²) in [5.74, 6) is 0.00912. The van der Waals surface area contributed by atoms with Gasteiger partial charge in [-0.05, 0) is 83.8 Å². The molecule has 1 atom stereocenters. The van der Waals surface area contributed by atoms with Crippen molar-refractivity contribution < 1.29 is 4.79 Å². The number of carbonyl (C=O) groups excluding carboxylic acids is 1. The van der Waals surface area contributed by atoms with Gasteiger partial charge in [-0.3, -0.25) is 4.79 Å². The van der Waals surface area contributed by atoms with Gasteiger partial charge in [-0.2, -0.15) is 0 Å². The van der Waals surface area contributed by atoms with Crippen LogP contribution >= 0.6 is 0 Å². The summed E-state index contributed by atoms with van der Waals surface area (Å²) in [5.41, 5.74) is 10.5. The Balaban J connectivity index is 1.42. The van der Waals surface area contributed by atoms with Crippen molar-refractivity contribution in [2.45, 2.75) is 50.5 Å². The van der Waals surface area contributed by atoms with Crippen LogP contribution in [-0.4, -0.2) is 11.4 Å². The van der Waals surface area contributed by atoms with Crippen LogP contribution in [-0.2, 0) is 10.8 Å². The number of anilines is 1. The van der Waals surface area contributed by atoms with E-state index in [2.05, 4.69) is 184 Å². The molecular weight excluding hydrogens is 643 g/mol. The van der Waals surface area contributed by atoms with E-state index in [0.717, 1.165) is 34.4 Å². The van der Waals surface area contributed by atoms with Gasteiger partial charge in [-0.25, -0.2) is 0 Å². The number of hydrogen-bond acceptors (Lipinski definition) is 1. The fourth-order valence-corrected chi connectivity index (χ4v) is 9.06. The standard InChI is InChI=1S/C51H45NO/c1-37-29-31-39(32-30-37)50(4)36-49(2,3)52(48(53)45-28-18-17-27-44(45)38-19-9-5-10-20-38)47-34-33-43(35-46(47)50)51(40-21-11-6-12-22-40,41-23-13-7-14-24-41)42-25-15-8-16-26-42/h5-35H,36H2,1-4H3/t50-/m1/s1. The number of fused-ring (bicyclic) bond motifs is 1. The van der Waals surface area contributed by atoms with Gasteiger partial charge in [0.15, 0.2) is 0 Å². The van der Waals surface area contributed by atoms with E-state index in [9.17, 15) is 0 Å². The Morgan fingerprint density at radius 1 is 0.547 bits per heavy atom. The number of rotatable bonds is 7. The fraction of sp³-hybridized carbons (Fsp3) is 0.157. The van der Waals surface area contributed by atoms with Crippen molar-refractivity contribution in [3.8, 4) is 11.1 Å². The molecule has 7 aromatic carbocycles. The molecule has 2 heteroatoms. The summed E-state index contributed by atoms with van der Waals surface area (Å²) in [7, 11) is 0. The molecule has 8 rings (SSSR count). The molecule has 0 radical (unpaired) electrons. The minimum Gasteiger partial charge on any atom is -0.302 e. The van der Waals surface area contributed by atoms with Crippen LogP contribution in [0.2, 0.25) is 0 Å². The molecule has 0 aromatic heterocycles. The van der Waals surface area contributed by atoms with Crippen molar-refractivity contribution in [3.05, 3.63) is 233 Å². The van der Waals surface area contributed by atoms with E-state index >= 15 is 4.79 Å². The zero-order valence-corrected chi connectivity index (χ0v) is 31.0. The van der Waals surface area contributed by atoms with E-state index in [1.807, 2.05) is 36.4 Å². The minimum absolute atomic E-state index is 0.00912. The minimum atomic E-state index is -0.616. The molecule has 0 N–H and O–H groups in total. The lowest BCUT2D eigenvalue weighted by Crippen LogP contribution is -2.56. The van der Waals surface area contributed by atoms with Gasteiger partial charge >= 0.3 is 0 Å². The van der Waals surface area contributed by atoms with Crippen molar-refractivity contribution in [2.24, 2.45) is 0 Å². The number of hydrogen-bond donors (Lipinski definition) is 0. The first-order valence-electron chi connectivity index (χ1n) is 18.6. The molecule has 1 aliphatic heterocycles. The molecule has 0 spiro atoms. The van der Waals surface area contributed by atoms with E-state index in [1.165, 1.54) is 27.8 Å². The van der Waals surface area contributed by atoms with Gasteiger partial charge in [0.2, 0.25) is 0 Å². The summed E-state index contributed by atoms with van der Waals surface area (Å²) >= 11 is 0. The molecule has 0 unspecified atom stereocenters. The lowest BCUT2D eigenvalue weighted by molar-refractivity contribution is 0.0949. The number of amides is 1. The summed E-state index contributed by atoms with van der Waals surface area (Å²) in [5, 5.41) is 0. The Hall–Kier alpha value is -5.99. The second kappa shape index (κ2) is 13.5. The highest BCUT2D eigenvalue weighted by Crippen LogP contribution is 2.54. The van der Waals surface area contributed by atoms with Crippen LogP contribution in [0.5, 0.6) is 0 Å². The monoisotopic (exact) mass is 687 g/mol. The Kier molecular flexibility index (Phi) is 8.71. The van der Waals surface area contributed by atoms with Gasteiger partial charge < -0.3 is 4.90 Å². The molecule has 1 aliphatic rings. The predicted molar refractivity (Wildman–Crippen MR) is 220 cm³/mol. The third-order valence-corrected chi connectivity index (χ3v) is 11.4. The molecule has 1 heterocycles. The number of nitrogens with zero attached hydrogens (tertiary/aromatic N) is 1. The van der Waals surface area contributed by atoms with E-state index in [1.54, 1.807) is 0 Å². The van der Waals surface area contributed by atoms with Gasteiger partial charge in [0.1, 0.15) is 0 Å². The Bertz CT molecular complexity index is 2270. The van der Waals surface area contributed by atoms with Gasteiger partial charge in [-0.1, -0.05) is 188 Å². The van der Waals surface area contributed by atoms with Crippen molar-refractivity contribution in [2.75, 3.05) is 4.90 Å². The van der Waals surface area contributed by atoms with Gasteiger partial charge in [0, 0.05) is 22.2 Å². The number of benzene rings is 7. The molecule has 0 saturated carbocycles. The van der Waals surface area contributed by atoms with Crippen molar-refractivity contribution in [1.82, 2.24) is 0 Å². The quantitative estimate of drug-likeness (QED) is 0.153. The lowest BCUT2D eigenvalue weighted by atomic mass is 9.61. The van der Waals surface area contributed by atoms with E-state index in [4.69, 9.17) is 0 Å². The molecule has 260 valence electrons. The zero-order valence-electron chi connectivity index (χ0n) is 31.0. The molecule has 0 aliphatic carbocycles. The molecule has 53 heavy (non-hydrogen) atoms. The number of aryl methyl sites for hydroxylation is 1. The third-order valence-electron chi connectivity index (χ3n) is 11.4. The predicted octanol–water partition coefficient (Wildman–Crippen LogP) is 12.2. The highest BCUT2D eigenvalue weighted by molar-refractivity contribution is 6.12. The maximum absolute atomic E-state index is 15.2. The van der Waals surface area contributed by atoms with Crippen LogP contribution in [0.25, 0.3) is 11.1 Å². The Morgan fingerprint density at radius 2 is 1.04 bits per heavy atom. The topological polar surface area (TPSA) is 20.3 Å². The maximum Gasteiger partial charge on any atom is 0.259 e. The average molecular weight is 688 g/mol. The summed E-state index contributed by atoms with van der Waals surface area (Å²) in [6.45, 7) is 8.96. The summed E-state index contributed by atoms with van der Waals surface area (Å²) < 4.78 is 0. The summed E-state index contributed by atoms with van der Waals surface area (Å²) in [4.78, 5) is 17.3. The second-order valence-electron chi connectivity index (χ2n) is 15.3. The lowest BCUT2D eigenvalue weighted by Gasteiger charge is -2.52. The Morgan fingerprint density at radius 3 is 1.58 bits per heavy atom. The van der Waals surface area contributed by atoms with Crippen molar-refractivity contribution >= 4 is 11.6 Å². The van der Waals surface area contributed by atoms with Crippen LogP contribution in [0.4, 0.5) is 5.69 Å². The van der Waals surface area contributed by atoms with Gasteiger partial charge in [0.25, 0.3) is 5.91 Å². The normalized spacial score (nSPS) is 16.5. The average Bonchev–Trinajstić information content (AvgIpc) is 3.20. The van der Waals surface area contributed by atoms with Crippen LogP contribution in [0.1, 0.15) is 76.5 Å². The molecule has 7 aromatic rings. The first kappa shape index (κ1) is 34.1. The molecule has 1 amide bonds. The van der Waals surface area contributed by atoms with Crippen LogP contribution < -0.4 is 4.90 Å². The van der Waals surface area contributed by atoms with Crippen LogP contribution in [0.3, 0.4) is 0 Å². The molecular formula is C51H45NO. The first-order chi connectivity index (χ1) is 25.7. The fourth-order valence-electron chi connectivity index (χ4n) is 9.06. The maximum atomic E-state index is 15.2. The molecule has 0 saturated heterocycles. The highest BCUT2D eigenvalue weighted by atomic mass is 16.2. The smallest absolute Gasteiger partial charge is 0.259 e. The third kappa shape index (κ3) is 5.79. The SMILES string of the molecule is Cc1ccc([C@@]2(C)CC(C)(C)N(C(=O)c3ccccc3-c3ccccc3)c3ccc(C(c4ccccc4)(c4ccccc4)c4ccccc4)cc32)cc1. The molecule has 0 bridgehead atoms. The van der Waals surface area contributed by atoms with Crippen LogP contribution in [0.15, 0.2) is 188 Å². The Labute approximate surface area is 314 Å². The molecule has 2 nitrogen and oxygen atoms in total.